The zero-order valence-electron chi connectivity index (χ0n) is 34.4. The van der Waals surface area contributed by atoms with E-state index in [0.717, 1.165) is 66.8 Å². The van der Waals surface area contributed by atoms with Crippen molar-refractivity contribution in [3.05, 3.63) is 243 Å². The molecule has 0 unspecified atom stereocenters. The summed E-state index contributed by atoms with van der Waals surface area (Å²) in [5, 5.41) is 4.68. The zero-order valence-corrected chi connectivity index (χ0v) is 34.4. The average molecular weight is 805 g/mol. The van der Waals surface area contributed by atoms with Gasteiger partial charge in [-0.2, -0.15) is 0 Å². The third kappa shape index (κ3) is 6.46. The van der Waals surface area contributed by atoms with Gasteiger partial charge < -0.3 is 13.9 Å². The molecular formula is C60H40N2O. The molecule has 0 fully saturated rings. The Morgan fingerprint density at radius 1 is 0.286 bits per heavy atom. The van der Waals surface area contributed by atoms with Crippen molar-refractivity contribution in [3.8, 4) is 50.2 Å². The van der Waals surface area contributed by atoms with Gasteiger partial charge in [-0.05, 0) is 111 Å². The SMILES string of the molecule is c1ccc(-c2ccc(N(c3ccc(-c4ccccc4)cc3)c3cccc(-c4ccc(-c5ccc6c(c5)c5ccccc5n6-c5cccc6c5oc5ccccc56)cc4)c3)cc2)cc1. The molecule has 3 heteroatoms. The summed E-state index contributed by atoms with van der Waals surface area (Å²) in [6, 6.07) is 87.0. The zero-order chi connectivity index (χ0) is 41.7. The van der Waals surface area contributed by atoms with Crippen molar-refractivity contribution >= 4 is 60.8 Å². The summed E-state index contributed by atoms with van der Waals surface area (Å²) in [5.41, 5.74) is 17.9. The molecule has 2 heterocycles. The van der Waals surface area contributed by atoms with E-state index in [9.17, 15) is 0 Å². The molecule has 10 aromatic carbocycles. The van der Waals surface area contributed by atoms with Crippen LogP contribution < -0.4 is 4.90 Å². The first-order valence-electron chi connectivity index (χ1n) is 21.5. The number of nitrogens with zero attached hydrogens (tertiary/aromatic N) is 2. The van der Waals surface area contributed by atoms with Gasteiger partial charge in [-0.3, -0.25) is 0 Å². The van der Waals surface area contributed by atoms with Crippen LogP contribution in [0.3, 0.4) is 0 Å². The predicted molar refractivity (Wildman–Crippen MR) is 264 cm³/mol. The lowest BCUT2D eigenvalue weighted by Gasteiger charge is -2.26. The van der Waals surface area contributed by atoms with Gasteiger partial charge in [0.1, 0.15) is 5.58 Å². The molecule has 0 saturated carbocycles. The monoisotopic (exact) mass is 804 g/mol. The fourth-order valence-corrected chi connectivity index (χ4v) is 9.31. The molecule has 296 valence electrons. The van der Waals surface area contributed by atoms with Gasteiger partial charge in [0.15, 0.2) is 5.58 Å². The first kappa shape index (κ1) is 36.5. The van der Waals surface area contributed by atoms with E-state index in [4.69, 9.17) is 4.42 Å². The highest BCUT2D eigenvalue weighted by atomic mass is 16.3. The molecular weight excluding hydrogens is 765 g/mol. The molecule has 0 bridgehead atoms. The Hall–Kier alpha value is -8.40. The summed E-state index contributed by atoms with van der Waals surface area (Å²) in [7, 11) is 0. The summed E-state index contributed by atoms with van der Waals surface area (Å²) in [6.07, 6.45) is 0. The van der Waals surface area contributed by atoms with E-state index in [1.54, 1.807) is 0 Å². The minimum absolute atomic E-state index is 0.898. The summed E-state index contributed by atoms with van der Waals surface area (Å²) < 4.78 is 8.88. The number of anilines is 3. The topological polar surface area (TPSA) is 21.3 Å². The van der Waals surface area contributed by atoms with Crippen LogP contribution in [0.2, 0.25) is 0 Å². The van der Waals surface area contributed by atoms with Crippen molar-refractivity contribution < 1.29 is 4.42 Å². The molecule has 0 aliphatic rings. The fraction of sp³-hybridized carbons (Fsp3) is 0. The maximum atomic E-state index is 6.53. The highest BCUT2D eigenvalue weighted by molar-refractivity contribution is 6.13. The van der Waals surface area contributed by atoms with E-state index in [-0.39, 0.29) is 0 Å². The van der Waals surface area contributed by atoms with Crippen molar-refractivity contribution in [1.82, 2.24) is 4.57 Å². The van der Waals surface area contributed by atoms with Gasteiger partial charge in [0, 0.05) is 38.6 Å². The van der Waals surface area contributed by atoms with Crippen molar-refractivity contribution in [2.75, 3.05) is 4.90 Å². The van der Waals surface area contributed by atoms with Gasteiger partial charge in [-0.1, -0.05) is 176 Å². The van der Waals surface area contributed by atoms with Gasteiger partial charge in [0.05, 0.1) is 16.7 Å². The van der Waals surface area contributed by atoms with Gasteiger partial charge in [-0.25, -0.2) is 0 Å². The lowest BCUT2D eigenvalue weighted by Crippen LogP contribution is -2.10. The highest BCUT2D eigenvalue weighted by Crippen LogP contribution is 2.41. The van der Waals surface area contributed by atoms with Gasteiger partial charge in [0.25, 0.3) is 0 Å². The molecule has 63 heavy (non-hydrogen) atoms. The second kappa shape index (κ2) is 15.3. The molecule has 12 rings (SSSR count). The van der Waals surface area contributed by atoms with E-state index < -0.39 is 0 Å². The molecule has 0 aliphatic heterocycles. The Morgan fingerprint density at radius 2 is 0.746 bits per heavy atom. The molecule has 0 N–H and O–H groups in total. The van der Waals surface area contributed by atoms with Crippen LogP contribution >= 0.6 is 0 Å². The summed E-state index contributed by atoms with van der Waals surface area (Å²) in [6.45, 7) is 0. The maximum Gasteiger partial charge on any atom is 0.159 e. The molecule has 0 aliphatic carbocycles. The van der Waals surface area contributed by atoms with E-state index in [2.05, 4.69) is 240 Å². The van der Waals surface area contributed by atoms with Crippen LogP contribution in [-0.4, -0.2) is 4.57 Å². The molecule has 0 saturated heterocycles. The number of hydrogen-bond acceptors (Lipinski definition) is 2. The third-order valence-electron chi connectivity index (χ3n) is 12.4. The average Bonchev–Trinajstić information content (AvgIpc) is 3.91. The minimum atomic E-state index is 0.898. The van der Waals surface area contributed by atoms with E-state index in [1.165, 1.54) is 44.2 Å². The Balaban J connectivity index is 0.896. The third-order valence-corrected chi connectivity index (χ3v) is 12.4. The summed E-state index contributed by atoms with van der Waals surface area (Å²) in [5.74, 6) is 0. The Morgan fingerprint density at radius 3 is 1.41 bits per heavy atom. The number of hydrogen-bond donors (Lipinski definition) is 0. The largest absolute Gasteiger partial charge is 0.454 e. The van der Waals surface area contributed by atoms with Crippen LogP contribution in [0.1, 0.15) is 0 Å². The second-order valence-electron chi connectivity index (χ2n) is 16.1. The number of fused-ring (bicyclic) bond motifs is 6. The van der Waals surface area contributed by atoms with Crippen molar-refractivity contribution in [2.45, 2.75) is 0 Å². The van der Waals surface area contributed by atoms with E-state index in [1.807, 2.05) is 12.1 Å². The van der Waals surface area contributed by atoms with Gasteiger partial charge in [0.2, 0.25) is 0 Å². The predicted octanol–water partition coefficient (Wildman–Crippen LogP) is 16.8. The standard InChI is InChI=1S/C60H40N2O/c1-3-13-41(14-4-1)43-29-34-49(35-30-43)61(50-36-31-44(32-37-50)42-15-5-2-6-16-42)51-18-11-17-47(39-51)45-25-27-46(28-26-45)48-33-38-57-55(40-48)52-19-7-9-22-56(52)62(57)58-23-12-21-54-53-20-8-10-24-59(53)63-60(54)58/h1-40H. The van der Waals surface area contributed by atoms with Crippen LogP contribution in [-0.2, 0) is 0 Å². The van der Waals surface area contributed by atoms with Gasteiger partial charge >= 0.3 is 0 Å². The van der Waals surface area contributed by atoms with Crippen LogP contribution in [0.5, 0.6) is 0 Å². The molecule has 3 nitrogen and oxygen atoms in total. The first-order valence-corrected chi connectivity index (χ1v) is 21.5. The van der Waals surface area contributed by atoms with Crippen LogP contribution in [0.25, 0.3) is 93.9 Å². The summed E-state index contributed by atoms with van der Waals surface area (Å²) in [4.78, 5) is 2.35. The summed E-state index contributed by atoms with van der Waals surface area (Å²) >= 11 is 0. The minimum Gasteiger partial charge on any atom is -0.454 e. The molecule has 0 radical (unpaired) electrons. The highest BCUT2D eigenvalue weighted by Gasteiger charge is 2.19. The van der Waals surface area contributed by atoms with Crippen LogP contribution in [0.15, 0.2) is 247 Å². The lowest BCUT2D eigenvalue weighted by molar-refractivity contribution is 0.666. The number of benzene rings is 10. The van der Waals surface area contributed by atoms with Crippen molar-refractivity contribution in [3.63, 3.8) is 0 Å². The molecule has 12 aromatic rings. The number of rotatable bonds is 8. The first-order chi connectivity index (χ1) is 31.2. The fourth-order valence-electron chi connectivity index (χ4n) is 9.31. The van der Waals surface area contributed by atoms with Gasteiger partial charge in [-0.15, -0.1) is 0 Å². The normalized spacial score (nSPS) is 11.5. The molecule has 2 aromatic heterocycles. The number of furan rings is 1. The molecule has 0 amide bonds. The van der Waals surface area contributed by atoms with Crippen LogP contribution in [0, 0.1) is 0 Å². The van der Waals surface area contributed by atoms with Crippen molar-refractivity contribution in [2.24, 2.45) is 0 Å². The molecule has 0 atom stereocenters. The smallest absolute Gasteiger partial charge is 0.159 e. The lowest BCUT2D eigenvalue weighted by atomic mass is 9.98. The second-order valence-corrected chi connectivity index (χ2v) is 16.1. The Kier molecular flexibility index (Phi) is 8.83. The van der Waals surface area contributed by atoms with Crippen molar-refractivity contribution in [1.29, 1.82) is 0 Å². The maximum absolute atomic E-state index is 6.53. The van der Waals surface area contributed by atoms with Crippen LogP contribution in [0.4, 0.5) is 17.1 Å². The number of aromatic nitrogens is 1. The number of para-hydroxylation sites is 3. The van der Waals surface area contributed by atoms with E-state index in [0.29, 0.717) is 0 Å². The Labute approximate surface area is 366 Å². The quantitative estimate of drug-likeness (QED) is 0.153. The Bertz CT molecular complexity index is 3500. The molecule has 0 spiro atoms. The van der Waals surface area contributed by atoms with E-state index >= 15 is 0 Å².